The van der Waals surface area contributed by atoms with Gasteiger partial charge in [0.05, 0.1) is 44.3 Å². The lowest BCUT2D eigenvalue weighted by Gasteiger charge is -2.30. The van der Waals surface area contributed by atoms with Crippen LogP contribution in [0.5, 0.6) is 17.2 Å². The molecule has 0 bridgehead atoms. The molecular formula is C21H25BN4O4. The monoisotopic (exact) mass is 408 g/mol. The van der Waals surface area contributed by atoms with Crippen LogP contribution in [0.3, 0.4) is 0 Å². The minimum atomic E-state index is -0.528. The van der Waals surface area contributed by atoms with Gasteiger partial charge in [-0.05, 0) is 38.4 Å². The quantitative estimate of drug-likeness (QED) is 0.494. The van der Waals surface area contributed by atoms with E-state index in [0.717, 1.165) is 24.9 Å². The molecule has 2 aromatic heterocycles. The average Bonchev–Trinajstić information content (AvgIpc) is 3.35. The van der Waals surface area contributed by atoms with Crippen molar-refractivity contribution in [2.75, 3.05) is 27.9 Å². The molecule has 1 unspecified atom stereocenters. The van der Waals surface area contributed by atoms with Crippen LogP contribution in [0.1, 0.15) is 30.1 Å². The molecule has 0 saturated carbocycles. The van der Waals surface area contributed by atoms with Crippen molar-refractivity contribution in [1.82, 2.24) is 19.8 Å². The van der Waals surface area contributed by atoms with Crippen LogP contribution >= 0.6 is 0 Å². The summed E-state index contributed by atoms with van der Waals surface area (Å²) in [7, 11) is 6.69. The van der Waals surface area contributed by atoms with E-state index in [0.29, 0.717) is 39.7 Å². The van der Waals surface area contributed by atoms with Gasteiger partial charge in [-0.1, -0.05) is 0 Å². The van der Waals surface area contributed by atoms with Crippen LogP contribution in [0.4, 0.5) is 0 Å². The highest BCUT2D eigenvalue weighted by atomic mass is 16.5. The molecule has 0 amide bonds. The number of carbonyl (C=O) groups excluding carboxylic acids is 1. The molecule has 1 saturated heterocycles. The van der Waals surface area contributed by atoms with E-state index in [-0.39, 0.29) is 5.78 Å². The maximum Gasteiger partial charge on any atom is 0.203 e. The lowest BCUT2D eigenvalue weighted by molar-refractivity contribution is 0.0821. The third-order valence-electron chi connectivity index (χ3n) is 6.07. The Hall–Kier alpha value is -3.07. The van der Waals surface area contributed by atoms with Gasteiger partial charge in [0.1, 0.15) is 5.52 Å². The summed E-state index contributed by atoms with van der Waals surface area (Å²) in [6, 6.07) is 3.63. The van der Waals surface area contributed by atoms with Gasteiger partial charge in [-0.25, -0.2) is 9.97 Å². The van der Waals surface area contributed by atoms with E-state index in [1.54, 1.807) is 33.7 Å². The number of nitrogens with one attached hydrogen (secondary N) is 1. The highest BCUT2D eigenvalue weighted by molar-refractivity contribution is 6.15. The summed E-state index contributed by atoms with van der Waals surface area (Å²) in [5, 5.41) is 0. The molecule has 0 aliphatic carbocycles. The first-order valence-corrected chi connectivity index (χ1v) is 9.83. The maximum absolute atomic E-state index is 13.4. The van der Waals surface area contributed by atoms with Gasteiger partial charge in [0, 0.05) is 11.8 Å². The predicted molar refractivity (Wildman–Crippen MR) is 116 cm³/mol. The number of ether oxygens (including phenoxy) is 3. The standard InChI is InChI=1S/C21H25BN4O4/c1-21(6-5-7-26(21)22)19(27)13-10-23-20-17(13)25-14(11-24-20)12-8-15(28-2)18(30-4)16(9-12)29-3/h8-11H,5-7,22H2,1-4H3,(H,23,24). The molecule has 9 heteroatoms. The van der Waals surface area contributed by atoms with E-state index in [1.165, 1.54) is 0 Å². The lowest BCUT2D eigenvalue weighted by Crippen LogP contribution is -2.46. The van der Waals surface area contributed by atoms with Gasteiger partial charge in [0.15, 0.2) is 30.9 Å². The summed E-state index contributed by atoms with van der Waals surface area (Å²) >= 11 is 0. The number of fused-ring (bicyclic) bond motifs is 1. The topological polar surface area (TPSA) is 89.6 Å². The van der Waals surface area contributed by atoms with Crippen LogP contribution in [0.15, 0.2) is 24.5 Å². The summed E-state index contributed by atoms with van der Waals surface area (Å²) < 4.78 is 16.3. The molecule has 1 aromatic carbocycles. The largest absolute Gasteiger partial charge is 0.493 e. The number of aromatic amines is 1. The van der Waals surface area contributed by atoms with Gasteiger partial charge in [-0.15, -0.1) is 0 Å². The van der Waals surface area contributed by atoms with Gasteiger partial charge >= 0.3 is 0 Å². The highest BCUT2D eigenvalue weighted by Crippen LogP contribution is 2.41. The van der Waals surface area contributed by atoms with E-state index < -0.39 is 5.54 Å². The van der Waals surface area contributed by atoms with Crippen molar-refractivity contribution in [3.8, 4) is 28.5 Å². The number of rotatable bonds is 6. The van der Waals surface area contributed by atoms with Gasteiger partial charge in [-0.2, -0.15) is 0 Å². The minimum absolute atomic E-state index is 0.0603. The number of ketones is 1. The highest BCUT2D eigenvalue weighted by Gasteiger charge is 2.41. The van der Waals surface area contributed by atoms with Crippen LogP contribution in [-0.2, 0) is 0 Å². The zero-order chi connectivity index (χ0) is 21.5. The Morgan fingerprint density at radius 2 is 1.90 bits per heavy atom. The summed E-state index contributed by atoms with van der Waals surface area (Å²) in [6.07, 6.45) is 5.21. The van der Waals surface area contributed by atoms with Crippen LogP contribution in [0, 0.1) is 0 Å². The van der Waals surface area contributed by atoms with Crippen LogP contribution in [-0.4, -0.2) is 66.9 Å². The lowest BCUT2D eigenvalue weighted by atomic mass is 9.87. The summed E-state index contributed by atoms with van der Waals surface area (Å²) in [6.45, 7) is 2.91. The van der Waals surface area contributed by atoms with Crippen molar-refractivity contribution in [3.05, 3.63) is 30.1 Å². The SMILES string of the molecule is BN1CCCC1(C)C(=O)c1c[nH]c2ncc(-c3cc(OC)c(OC)c(OC)c3)nc12. The van der Waals surface area contributed by atoms with Gasteiger partial charge in [0.25, 0.3) is 0 Å². The van der Waals surface area contributed by atoms with Crippen LogP contribution in [0.2, 0.25) is 0 Å². The molecule has 1 N–H and O–H groups in total. The molecule has 156 valence electrons. The molecule has 4 rings (SSSR count). The first-order valence-electron chi connectivity index (χ1n) is 9.83. The molecule has 1 aliphatic rings. The zero-order valence-electron chi connectivity index (χ0n) is 17.9. The second kappa shape index (κ2) is 7.64. The van der Waals surface area contributed by atoms with Crippen molar-refractivity contribution in [2.45, 2.75) is 25.3 Å². The predicted octanol–water partition coefficient (Wildman–Crippen LogP) is 2.24. The van der Waals surface area contributed by atoms with E-state index in [9.17, 15) is 4.79 Å². The normalized spacial score (nSPS) is 19.2. The van der Waals surface area contributed by atoms with E-state index >= 15 is 0 Å². The fourth-order valence-electron chi connectivity index (χ4n) is 4.11. The van der Waals surface area contributed by atoms with Crippen LogP contribution in [0.25, 0.3) is 22.4 Å². The fraction of sp³-hybridized carbons (Fsp3) is 0.381. The summed E-state index contributed by atoms with van der Waals surface area (Å²) in [5.74, 6) is 1.62. The Balaban J connectivity index is 1.81. The first kappa shape index (κ1) is 20.2. The number of aromatic nitrogens is 3. The van der Waals surface area contributed by atoms with Gasteiger partial charge < -0.3 is 24.0 Å². The molecule has 3 heterocycles. The van der Waals surface area contributed by atoms with Crippen molar-refractivity contribution in [2.24, 2.45) is 0 Å². The summed E-state index contributed by atoms with van der Waals surface area (Å²) in [5.41, 5.74) is 2.54. The van der Waals surface area contributed by atoms with Crippen molar-refractivity contribution in [1.29, 1.82) is 0 Å². The molecule has 8 nitrogen and oxygen atoms in total. The number of hydrogen-bond donors (Lipinski definition) is 1. The Morgan fingerprint density at radius 1 is 1.20 bits per heavy atom. The number of methoxy groups -OCH3 is 3. The molecule has 0 spiro atoms. The molecule has 3 aromatic rings. The molecule has 1 atom stereocenters. The Labute approximate surface area is 176 Å². The Kier molecular flexibility index (Phi) is 5.15. The van der Waals surface area contributed by atoms with Crippen molar-refractivity contribution in [3.63, 3.8) is 0 Å². The second-order valence-electron chi connectivity index (χ2n) is 7.70. The van der Waals surface area contributed by atoms with E-state index in [2.05, 4.69) is 14.8 Å². The van der Waals surface area contributed by atoms with Gasteiger partial charge in [-0.3, -0.25) is 4.79 Å². The smallest absolute Gasteiger partial charge is 0.203 e. The van der Waals surface area contributed by atoms with Gasteiger partial charge in [0.2, 0.25) is 5.75 Å². The number of hydrogen-bond acceptors (Lipinski definition) is 7. The number of Topliss-reactive ketones (excluding diaryl/α,β-unsaturated/α-hetero) is 1. The molecule has 1 aliphatic heterocycles. The maximum atomic E-state index is 13.4. The zero-order valence-corrected chi connectivity index (χ0v) is 17.9. The molecular weight excluding hydrogens is 383 g/mol. The molecule has 1 fully saturated rings. The van der Waals surface area contributed by atoms with E-state index in [1.807, 2.05) is 27.0 Å². The summed E-state index contributed by atoms with van der Waals surface area (Å²) in [4.78, 5) is 27.9. The first-order chi connectivity index (χ1) is 14.4. The average molecular weight is 408 g/mol. The van der Waals surface area contributed by atoms with Crippen molar-refractivity contribution < 1.29 is 19.0 Å². The second-order valence-corrected chi connectivity index (χ2v) is 7.70. The number of benzene rings is 1. The number of H-pyrrole nitrogens is 1. The van der Waals surface area contributed by atoms with Crippen molar-refractivity contribution >= 4 is 24.9 Å². The van der Waals surface area contributed by atoms with E-state index in [4.69, 9.17) is 19.2 Å². The minimum Gasteiger partial charge on any atom is -0.493 e. The number of nitrogens with zero attached hydrogens (tertiary/aromatic N) is 3. The van der Waals surface area contributed by atoms with Crippen LogP contribution < -0.4 is 14.2 Å². The fourth-order valence-corrected chi connectivity index (χ4v) is 4.11. The Bertz CT molecular complexity index is 1090. The third kappa shape index (κ3) is 3.10. The molecule has 0 radical (unpaired) electrons. The number of carbonyl (C=O) groups is 1. The Morgan fingerprint density at radius 3 is 2.47 bits per heavy atom. The molecule has 30 heavy (non-hydrogen) atoms. The third-order valence-corrected chi connectivity index (χ3v) is 6.07.